The van der Waals surface area contributed by atoms with Crippen molar-refractivity contribution in [2.75, 3.05) is 5.73 Å². The van der Waals surface area contributed by atoms with E-state index in [1.54, 1.807) is 36.4 Å². The van der Waals surface area contributed by atoms with Crippen LogP contribution >= 0.6 is 12.4 Å². The van der Waals surface area contributed by atoms with E-state index in [9.17, 15) is 4.79 Å². The van der Waals surface area contributed by atoms with E-state index in [1.807, 2.05) is 30.3 Å². The number of hydrogen-bond acceptors (Lipinski definition) is 2. The van der Waals surface area contributed by atoms with Crippen LogP contribution in [0.25, 0.3) is 6.08 Å². The molecule has 0 bridgehead atoms. The van der Waals surface area contributed by atoms with Gasteiger partial charge in [0.2, 0.25) is 0 Å². The molecular weight excluding hydrogens is 246 g/mol. The average Bonchev–Trinajstić information content (AvgIpc) is 2.38. The molecular formula is C15H14ClNO. The highest BCUT2D eigenvalue weighted by atomic mass is 35.5. The fourth-order valence-corrected chi connectivity index (χ4v) is 1.48. The Labute approximate surface area is 113 Å². The Hall–Kier alpha value is -2.06. The third kappa shape index (κ3) is 3.75. The van der Waals surface area contributed by atoms with Crippen LogP contribution in [0.2, 0.25) is 0 Å². The third-order valence-corrected chi connectivity index (χ3v) is 2.42. The Morgan fingerprint density at radius 1 is 0.944 bits per heavy atom. The standard InChI is InChI=1S/C15H13NO.ClH/c16-14-9-7-13(8-10-14)15(17)11-6-12-4-2-1-3-5-12;/h1-11H,16H2;1H. The summed E-state index contributed by atoms with van der Waals surface area (Å²) in [6, 6.07) is 16.6. The van der Waals surface area contributed by atoms with E-state index in [4.69, 9.17) is 5.73 Å². The quantitative estimate of drug-likeness (QED) is 0.520. The highest BCUT2D eigenvalue weighted by Crippen LogP contribution is 2.08. The zero-order chi connectivity index (χ0) is 12.1. The number of nitrogens with two attached hydrogens (primary N) is 1. The zero-order valence-electron chi connectivity index (χ0n) is 9.74. The van der Waals surface area contributed by atoms with Gasteiger partial charge in [0, 0.05) is 11.3 Å². The molecule has 2 aromatic carbocycles. The van der Waals surface area contributed by atoms with Crippen LogP contribution in [0.3, 0.4) is 0 Å². The normalized spacial score (nSPS) is 10.0. The average molecular weight is 260 g/mol. The van der Waals surface area contributed by atoms with Gasteiger partial charge < -0.3 is 5.73 Å². The summed E-state index contributed by atoms with van der Waals surface area (Å²) in [5, 5.41) is 0. The van der Waals surface area contributed by atoms with Gasteiger partial charge in [-0.05, 0) is 35.9 Å². The number of carbonyl (C=O) groups is 1. The van der Waals surface area contributed by atoms with E-state index in [2.05, 4.69) is 0 Å². The number of rotatable bonds is 3. The Morgan fingerprint density at radius 2 is 1.56 bits per heavy atom. The summed E-state index contributed by atoms with van der Waals surface area (Å²) >= 11 is 0. The van der Waals surface area contributed by atoms with Gasteiger partial charge in [0.05, 0.1) is 0 Å². The molecule has 0 atom stereocenters. The smallest absolute Gasteiger partial charge is 0.185 e. The van der Waals surface area contributed by atoms with Crippen LogP contribution in [0.15, 0.2) is 60.7 Å². The first-order valence-corrected chi connectivity index (χ1v) is 5.39. The minimum atomic E-state index is -0.0196. The lowest BCUT2D eigenvalue weighted by Crippen LogP contribution is -1.94. The fourth-order valence-electron chi connectivity index (χ4n) is 1.48. The largest absolute Gasteiger partial charge is 0.399 e. The van der Waals surface area contributed by atoms with Gasteiger partial charge in [0.1, 0.15) is 0 Å². The van der Waals surface area contributed by atoms with Gasteiger partial charge in [0.15, 0.2) is 5.78 Å². The maximum atomic E-state index is 11.8. The van der Waals surface area contributed by atoms with E-state index >= 15 is 0 Å². The maximum Gasteiger partial charge on any atom is 0.185 e. The van der Waals surface area contributed by atoms with Gasteiger partial charge in [-0.2, -0.15) is 0 Å². The van der Waals surface area contributed by atoms with Crippen molar-refractivity contribution in [3.05, 3.63) is 71.8 Å². The van der Waals surface area contributed by atoms with Crippen LogP contribution in [0.4, 0.5) is 5.69 Å². The predicted octanol–water partition coefficient (Wildman–Crippen LogP) is 3.59. The van der Waals surface area contributed by atoms with Crippen LogP contribution in [-0.2, 0) is 0 Å². The van der Waals surface area contributed by atoms with Gasteiger partial charge in [-0.1, -0.05) is 36.4 Å². The van der Waals surface area contributed by atoms with Crippen molar-refractivity contribution in [1.82, 2.24) is 0 Å². The molecule has 0 amide bonds. The summed E-state index contributed by atoms with van der Waals surface area (Å²) in [6.07, 6.45) is 3.37. The minimum Gasteiger partial charge on any atom is -0.399 e. The molecule has 0 unspecified atom stereocenters. The van der Waals surface area contributed by atoms with Crippen molar-refractivity contribution in [1.29, 1.82) is 0 Å². The molecule has 0 aliphatic heterocycles. The molecule has 0 saturated heterocycles. The van der Waals surface area contributed by atoms with Crippen molar-refractivity contribution < 1.29 is 4.79 Å². The molecule has 0 aliphatic rings. The second-order valence-electron chi connectivity index (χ2n) is 3.73. The third-order valence-electron chi connectivity index (χ3n) is 2.42. The first-order chi connectivity index (χ1) is 8.25. The van der Waals surface area contributed by atoms with Gasteiger partial charge in [0.25, 0.3) is 0 Å². The summed E-state index contributed by atoms with van der Waals surface area (Å²) in [6.45, 7) is 0. The number of benzene rings is 2. The molecule has 3 heteroatoms. The Kier molecular flexibility index (Phi) is 5.15. The number of ketones is 1. The molecule has 2 aromatic rings. The topological polar surface area (TPSA) is 43.1 Å². The molecule has 92 valence electrons. The van der Waals surface area contributed by atoms with Crippen LogP contribution in [-0.4, -0.2) is 5.78 Å². The highest BCUT2D eigenvalue weighted by molar-refractivity contribution is 6.06. The number of halogens is 1. The molecule has 18 heavy (non-hydrogen) atoms. The number of hydrogen-bond donors (Lipinski definition) is 1. The Balaban J connectivity index is 0.00000162. The lowest BCUT2D eigenvalue weighted by molar-refractivity contribution is 0.104. The predicted molar refractivity (Wildman–Crippen MR) is 77.9 cm³/mol. The van der Waals surface area contributed by atoms with E-state index in [1.165, 1.54) is 0 Å². The lowest BCUT2D eigenvalue weighted by atomic mass is 10.1. The van der Waals surface area contributed by atoms with Gasteiger partial charge >= 0.3 is 0 Å². The van der Waals surface area contributed by atoms with Crippen molar-refractivity contribution in [3.8, 4) is 0 Å². The first kappa shape index (κ1) is 14.0. The van der Waals surface area contributed by atoms with Crippen LogP contribution in [0, 0.1) is 0 Å². The lowest BCUT2D eigenvalue weighted by Gasteiger charge is -1.96. The van der Waals surface area contributed by atoms with E-state index in [-0.39, 0.29) is 18.2 Å². The SMILES string of the molecule is Cl.Nc1ccc(C(=O)C=Cc2ccccc2)cc1. The number of carbonyl (C=O) groups excluding carboxylic acids is 1. The molecule has 0 saturated carbocycles. The van der Waals surface area contributed by atoms with Crippen molar-refractivity contribution >= 4 is 30.0 Å². The molecule has 0 aliphatic carbocycles. The molecule has 0 spiro atoms. The van der Waals surface area contributed by atoms with Crippen LogP contribution in [0.1, 0.15) is 15.9 Å². The van der Waals surface area contributed by atoms with E-state index in [0.717, 1.165) is 5.56 Å². The summed E-state index contributed by atoms with van der Waals surface area (Å²) in [4.78, 5) is 11.8. The van der Waals surface area contributed by atoms with Gasteiger partial charge in [-0.25, -0.2) is 0 Å². The van der Waals surface area contributed by atoms with Crippen LogP contribution in [0.5, 0.6) is 0 Å². The molecule has 0 heterocycles. The van der Waals surface area contributed by atoms with E-state index < -0.39 is 0 Å². The Bertz CT molecular complexity index is 532. The summed E-state index contributed by atoms with van der Waals surface area (Å²) < 4.78 is 0. The molecule has 2 rings (SSSR count). The monoisotopic (exact) mass is 259 g/mol. The van der Waals surface area contributed by atoms with Crippen molar-refractivity contribution in [2.24, 2.45) is 0 Å². The molecule has 0 aromatic heterocycles. The number of allylic oxidation sites excluding steroid dienone is 1. The molecule has 2 N–H and O–H groups in total. The fraction of sp³-hybridized carbons (Fsp3) is 0. The maximum absolute atomic E-state index is 11.8. The number of nitrogen functional groups attached to an aromatic ring is 1. The van der Waals surface area contributed by atoms with Gasteiger partial charge in [-0.3, -0.25) is 4.79 Å². The van der Waals surface area contributed by atoms with Crippen molar-refractivity contribution in [3.63, 3.8) is 0 Å². The Morgan fingerprint density at radius 3 is 2.17 bits per heavy atom. The summed E-state index contributed by atoms with van der Waals surface area (Å²) in [5.41, 5.74) is 7.88. The first-order valence-electron chi connectivity index (χ1n) is 5.39. The highest BCUT2D eigenvalue weighted by Gasteiger charge is 2.00. The van der Waals surface area contributed by atoms with E-state index in [0.29, 0.717) is 11.3 Å². The number of anilines is 1. The second-order valence-corrected chi connectivity index (χ2v) is 3.73. The second kappa shape index (κ2) is 6.62. The van der Waals surface area contributed by atoms with Gasteiger partial charge in [-0.15, -0.1) is 12.4 Å². The minimum absolute atomic E-state index is 0. The zero-order valence-corrected chi connectivity index (χ0v) is 10.6. The molecule has 2 nitrogen and oxygen atoms in total. The molecule has 0 radical (unpaired) electrons. The summed E-state index contributed by atoms with van der Waals surface area (Å²) in [7, 11) is 0. The molecule has 0 fully saturated rings. The van der Waals surface area contributed by atoms with Crippen molar-refractivity contribution in [2.45, 2.75) is 0 Å². The summed E-state index contributed by atoms with van der Waals surface area (Å²) in [5.74, 6) is -0.0196. The van der Waals surface area contributed by atoms with Crippen LogP contribution < -0.4 is 5.73 Å².